The standard InChI is InChI=1S/C43H50FN7OS2/c1-5-28-53-49-35-13-9-12-34(37(35)44)38-39(54-41(48-38)43(2,3)4)36-18-23-45-42(47-36)46-32-16-14-29(15-17-32)30-19-26-51(27-20-30)40(52)31-21-24-50(25-22-31)33-10-7-6-8-11-33/h6-18,23,30-31,49H,5,19-22,24-28H2,1-4H3,(H,45,46,47). The van der Waals surface area contributed by atoms with E-state index in [1.807, 2.05) is 18.2 Å². The van der Waals surface area contributed by atoms with Gasteiger partial charge in [-0.05, 0) is 86.1 Å². The van der Waals surface area contributed by atoms with Gasteiger partial charge in [-0.1, -0.05) is 76.0 Å². The van der Waals surface area contributed by atoms with Crippen molar-refractivity contribution < 1.29 is 9.18 Å². The van der Waals surface area contributed by atoms with E-state index in [1.54, 1.807) is 29.7 Å². The zero-order valence-electron chi connectivity index (χ0n) is 31.6. The number of piperidine rings is 2. The van der Waals surface area contributed by atoms with Crippen molar-refractivity contribution in [1.82, 2.24) is 19.9 Å². The second-order valence-corrected chi connectivity index (χ2v) is 17.2. The number of rotatable bonds is 11. The van der Waals surface area contributed by atoms with E-state index in [1.165, 1.54) is 23.2 Å². The third-order valence-electron chi connectivity index (χ3n) is 10.3. The van der Waals surface area contributed by atoms with Crippen molar-refractivity contribution in [3.8, 4) is 21.8 Å². The predicted molar refractivity (Wildman–Crippen MR) is 223 cm³/mol. The van der Waals surface area contributed by atoms with Crippen LogP contribution in [0.25, 0.3) is 21.8 Å². The van der Waals surface area contributed by atoms with E-state index < -0.39 is 0 Å². The fraction of sp³-hybridized carbons (Fsp3) is 0.395. The molecule has 5 aromatic rings. The van der Waals surface area contributed by atoms with Gasteiger partial charge in [0.2, 0.25) is 11.9 Å². The molecule has 0 aliphatic carbocycles. The summed E-state index contributed by atoms with van der Waals surface area (Å²) in [5, 5.41) is 4.29. The number of amides is 1. The Kier molecular flexibility index (Phi) is 11.8. The first-order chi connectivity index (χ1) is 26.2. The SMILES string of the molecule is CCCSNc1cccc(-c2nc(C(C)(C)C)sc2-c2ccnc(Nc3ccc(C4CCN(C(=O)C5CCN(c6ccccc6)CC5)CC4)cc3)n2)c1F. The third kappa shape index (κ3) is 8.73. The van der Waals surface area contributed by atoms with Gasteiger partial charge in [0.25, 0.3) is 0 Å². The highest BCUT2D eigenvalue weighted by atomic mass is 32.2. The molecule has 3 aromatic carbocycles. The smallest absolute Gasteiger partial charge is 0.227 e. The molecule has 0 bridgehead atoms. The number of benzene rings is 3. The summed E-state index contributed by atoms with van der Waals surface area (Å²) in [5.41, 5.74) is 5.37. The summed E-state index contributed by atoms with van der Waals surface area (Å²) in [6, 6.07) is 26.3. The summed E-state index contributed by atoms with van der Waals surface area (Å²) in [5.74, 6) is 1.91. The normalized spacial score (nSPS) is 15.7. The second-order valence-electron chi connectivity index (χ2n) is 15.3. The minimum absolute atomic E-state index is 0.125. The molecule has 8 nitrogen and oxygen atoms in total. The number of carbonyl (C=O) groups is 1. The van der Waals surface area contributed by atoms with Crippen LogP contribution >= 0.6 is 23.3 Å². The van der Waals surface area contributed by atoms with E-state index in [9.17, 15) is 4.79 Å². The quantitative estimate of drug-likeness (QED) is 0.102. The van der Waals surface area contributed by atoms with Gasteiger partial charge in [0.05, 0.1) is 27.0 Å². The lowest BCUT2D eigenvalue weighted by atomic mass is 9.88. The zero-order valence-corrected chi connectivity index (χ0v) is 33.3. The molecule has 282 valence electrons. The van der Waals surface area contributed by atoms with E-state index in [-0.39, 0.29) is 17.2 Å². The minimum Gasteiger partial charge on any atom is -0.371 e. The van der Waals surface area contributed by atoms with Crippen LogP contribution in [-0.4, -0.2) is 57.7 Å². The highest BCUT2D eigenvalue weighted by molar-refractivity contribution is 8.00. The molecular formula is C43H50FN7OS2. The van der Waals surface area contributed by atoms with Gasteiger partial charge in [-0.15, -0.1) is 11.3 Å². The van der Waals surface area contributed by atoms with Gasteiger partial charge in [-0.3, -0.25) is 4.79 Å². The first kappa shape index (κ1) is 37.8. The first-order valence-corrected chi connectivity index (χ1v) is 21.0. The van der Waals surface area contributed by atoms with Gasteiger partial charge in [0.15, 0.2) is 5.82 Å². The molecule has 2 N–H and O–H groups in total. The molecule has 2 saturated heterocycles. The monoisotopic (exact) mass is 763 g/mol. The largest absolute Gasteiger partial charge is 0.371 e. The van der Waals surface area contributed by atoms with Crippen LogP contribution in [-0.2, 0) is 10.2 Å². The van der Waals surface area contributed by atoms with Gasteiger partial charge in [0, 0.05) is 66.4 Å². The minimum atomic E-state index is -0.322. The Morgan fingerprint density at radius 2 is 1.65 bits per heavy atom. The van der Waals surface area contributed by atoms with Gasteiger partial charge in [0.1, 0.15) is 0 Å². The number of para-hydroxylation sites is 1. The summed E-state index contributed by atoms with van der Waals surface area (Å²) < 4.78 is 19.1. The molecule has 4 heterocycles. The van der Waals surface area contributed by atoms with E-state index in [4.69, 9.17) is 9.97 Å². The molecule has 54 heavy (non-hydrogen) atoms. The Morgan fingerprint density at radius 3 is 2.35 bits per heavy atom. The third-order valence-corrected chi connectivity index (χ3v) is 12.8. The summed E-state index contributed by atoms with van der Waals surface area (Å²) in [7, 11) is 0. The molecule has 0 unspecified atom stereocenters. The Bertz CT molecular complexity index is 2020. The highest BCUT2D eigenvalue weighted by Crippen LogP contribution is 2.42. The molecule has 2 aromatic heterocycles. The van der Waals surface area contributed by atoms with E-state index in [0.29, 0.717) is 40.4 Å². The average molecular weight is 764 g/mol. The maximum atomic E-state index is 15.9. The summed E-state index contributed by atoms with van der Waals surface area (Å²) >= 11 is 3.04. The predicted octanol–water partition coefficient (Wildman–Crippen LogP) is 10.5. The lowest BCUT2D eigenvalue weighted by molar-refractivity contribution is -0.137. The van der Waals surface area contributed by atoms with E-state index in [2.05, 4.69) is 101 Å². The van der Waals surface area contributed by atoms with Crippen molar-refractivity contribution in [2.75, 3.05) is 46.9 Å². The number of anilines is 4. The number of likely N-dealkylation sites (tertiary alicyclic amines) is 1. The van der Waals surface area contributed by atoms with Crippen LogP contribution in [0.1, 0.15) is 76.3 Å². The number of halogens is 1. The Morgan fingerprint density at radius 1 is 0.907 bits per heavy atom. The molecule has 7 rings (SSSR count). The molecule has 0 spiro atoms. The van der Waals surface area contributed by atoms with Crippen molar-refractivity contribution in [1.29, 1.82) is 0 Å². The maximum absolute atomic E-state index is 15.9. The molecule has 1 amide bonds. The van der Waals surface area contributed by atoms with Crippen LogP contribution in [0.2, 0.25) is 0 Å². The van der Waals surface area contributed by atoms with Crippen LogP contribution in [0.4, 0.5) is 27.4 Å². The fourth-order valence-corrected chi connectivity index (χ4v) is 8.98. The summed E-state index contributed by atoms with van der Waals surface area (Å²) in [6.07, 6.45) is 6.50. The van der Waals surface area contributed by atoms with Crippen molar-refractivity contribution >= 4 is 52.2 Å². The number of hydrogen-bond acceptors (Lipinski definition) is 9. The number of nitrogens with one attached hydrogen (secondary N) is 2. The maximum Gasteiger partial charge on any atom is 0.227 e. The molecule has 2 fully saturated rings. The highest BCUT2D eigenvalue weighted by Gasteiger charge is 2.31. The molecule has 11 heteroatoms. The fourth-order valence-electron chi connectivity index (χ4n) is 7.25. The molecular weight excluding hydrogens is 714 g/mol. The van der Waals surface area contributed by atoms with Crippen LogP contribution in [0.3, 0.4) is 0 Å². The van der Waals surface area contributed by atoms with Crippen molar-refractivity contribution in [3.05, 3.63) is 101 Å². The van der Waals surface area contributed by atoms with E-state index >= 15 is 4.39 Å². The van der Waals surface area contributed by atoms with Gasteiger partial charge < -0.3 is 19.8 Å². The van der Waals surface area contributed by atoms with Crippen LogP contribution in [0, 0.1) is 11.7 Å². The lowest BCUT2D eigenvalue weighted by Crippen LogP contribution is -2.45. The second kappa shape index (κ2) is 16.9. The first-order valence-electron chi connectivity index (χ1n) is 19.1. The molecule has 2 aliphatic rings. The van der Waals surface area contributed by atoms with Gasteiger partial charge in [-0.2, -0.15) is 0 Å². The average Bonchev–Trinajstić information content (AvgIpc) is 3.66. The lowest BCUT2D eigenvalue weighted by Gasteiger charge is -2.38. The Hall–Kier alpha value is -4.48. The van der Waals surface area contributed by atoms with Crippen molar-refractivity contribution in [3.63, 3.8) is 0 Å². The topological polar surface area (TPSA) is 86.3 Å². The van der Waals surface area contributed by atoms with Crippen molar-refractivity contribution in [2.45, 2.75) is 71.1 Å². The van der Waals surface area contributed by atoms with Gasteiger partial charge in [-0.25, -0.2) is 19.3 Å². The van der Waals surface area contributed by atoms with Crippen LogP contribution in [0.15, 0.2) is 85.1 Å². The molecule has 2 aliphatic heterocycles. The summed E-state index contributed by atoms with van der Waals surface area (Å²) in [4.78, 5) is 33.2. The number of thiazole rings is 1. The molecule has 0 radical (unpaired) electrons. The Balaban J connectivity index is 0.990. The number of nitrogens with zero attached hydrogens (tertiary/aromatic N) is 5. The Labute approximate surface area is 327 Å². The van der Waals surface area contributed by atoms with Crippen LogP contribution < -0.4 is 14.9 Å². The zero-order chi connectivity index (χ0) is 37.7. The van der Waals surface area contributed by atoms with E-state index in [0.717, 1.165) is 79.6 Å². The summed E-state index contributed by atoms with van der Waals surface area (Å²) in [6.45, 7) is 11.9. The molecule has 0 atom stereocenters. The van der Waals surface area contributed by atoms with Gasteiger partial charge >= 0.3 is 0 Å². The number of hydrogen-bond donors (Lipinski definition) is 2. The van der Waals surface area contributed by atoms with Crippen molar-refractivity contribution in [2.24, 2.45) is 5.92 Å². The number of aromatic nitrogens is 3. The van der Waals surface area contributed by atoms with Crippen LogP contribution in [0.5, 0.6) is 0 Å². The number of carbonyl (C=O) groups excluding carboxylic acids is 1. The molecule has 0 saturated carbocycles.